The summed E-state index contributed by atoms with van der Waals surface area (Å²) in [6.07, 6.45) is 62.9. The fourth-order valence-electron chi connectivity index (χ4n) is 4.90. The zero-order valence-corrected chi connectivity index (χ0v) is 35.5. The lowest BCUT2D eigenvalue weighted by Gasteiger charge is -2.18. The number of rotatable bonds is 35. The largest absolute Gasteiger partial charge is 0.462 e. The molecule has 0 N–H and O–H groups in total. The van der Waals surface area contributed by atoms with E-state index in [4.69, 9.17) is 14.2 Å². The highest BCUT2D eigenvalue weighted by Crippen LogP contribution is 2.09. The van der Waals surface area contributed by atoms with Crippen molar-refractivity contribution >= 4 is 17.9 Å². The van der Waals surface area contributed by atoms with Gasteiger partial charge in [-0.1, -0.05) is 199 Å². The molecule has 1 atom stereocenters. The van der Waals surface area contributed by atoms with E-state index < -0.39 is 12.1 Å². The zero-order valence-electron chi connectivity index (χ0n) is 35.5. The maximum atomic E-state index is 12.7. The number of hydrogen-bond acceptors (Lipinski definition) is 6. The van der Waals surface area contributed by atoms with E-state index in [9.17, 15) is 14.4 Å². The summed E-state index contributed by atoms with van der Waals surface area (Å²) < 4.78 is 16.5. The molecule has 0 heterocycles. The van der Waals surface area contributed by atoms with E-state index in [1.54, 1.807) is 0 Å². The second-order valence-electron chi connectivity index (χ2n) is 13.4. The van der Waals surface area contributed by atoms with E-state index >= 15 is 0 Å². The molecule has 0 aromatic heterocycles. The Morgan fingerprint density at radius 1 is 0.386 bits per heavy atom. The average Bonchev–Trinajstić information content (AvgIpc) is 3.21. The van der Waals surface area contributed by atoms with Crippen molar-refractivity contribution in [3.63, 3.8) is 0 Å². The molecule has 0 aliphatic rings. The molecule has 0 fully saturated rings. The zero-order chi connectivity index (χ0) is 41.5. The van der Waals surface area contributed by atoms with Gasteiger partial charge in [-0.15, -0.1) is 0 Å². The highest BCUT2D eigenvalue weighted by atomic mass is 16.6. The van der Waals surface area contributed by atoms with Crippen LogP contribution in [-0.2, 0) is 28.6 Å². The van der Waals surface area contributed by atoms with Crippen LogP contribution in [0.25, 0.3) is 0 Å². The van der Waals surface area contributed by atoms with Crippen molar-refractivity contribution in [1.29, 1.82) is 0 Å². The molecule has 6 heteroatoms. The second-order valence-corrected chi connectivity index (χ2v) is 13.4. The van der Waals surface area contributed by atoms with E-state index in [-0.39, 0.29) is 44.4 Å². The van der Waals surface area contributed by atoms with Gasteiger partial charge in [-0.3, -0.25) is 14.4 Å². The molecule has 0 aromatic rings. The van der Waals surface area contributed by atoms with Crippen molar-refractivity contribution in [3.8, 4) is 0 Å². The summed E-state index contributed by atoms with van der Waals surface area (Å²) in [7, 11) is 0. The summed E-state index contributed by atoms with van der Waals surface area (Å²) >= 11 is 0. The third-order valence-corrected chi connectivity index (χ3v) is 8.08. The lowest BCUT2D eigenvalue weighted by atomic mass is 10.1. The number of hydrogen-bond donors (Lipinski definition) is 0. The number of carbonyl (C=O) groups is 3. The van der Waals surface area contributed by atoms with Crippen LogP contribution >= 0.6 is 0 Å². The first-order chi connectivity index (χ1) is 28.0. The van der Waals surface area contributed by atoms with Crippen LogP contribution in [0.1, 0.15) is 136 Å². The molecular formula is C51H74O6. The molecule has 57 heavy (non-hydrogen) atoms. The summed E-state index contributed by atoms with van der Waals surface area (Å²) in [6.45, 7) is 6.10. The SMILES string of the molecule is CC/C=C/C=C/C=C/C=C/C=C/CCCC(=O)OCC(COC(=O)CC/C=C/C/C=C/CCCCCCCC)OC(=O)CCC/C=C/C=C/C=C/C=C/C=C/CC. The van der Waals surface area contributed by atoms with Crippen molar-refractivity contribution in [2.45, 2.75) is 142 Å². The van der Waals surface area contributed by atoms with E-state index in [2.05, 4.69) is 51.2 Å². The summed E-state index contributed by atoms with van der Waals surface area (Å²) in [6, 6.07) is 0. The maximum Gasteiger partial charge on any atom is 0.306 e. The lowest BCUT2D eigenvalue weighted by molar-refractivity contribution is -0.166. The minimum Gasteiger partial charge on any atom is -0.462 e. The fourth-order valence-corrected chi connectivity index (χ4v) is 4.90. The van der Waals surface area contributed by atoms with Crippen LogP contribution in [0.2, 0.25) is 0 Å². The predicted molar refractivity (Wildman–Crippen MR) is 242 cm³/mol. The Labute approximate surface area is 347 Å². The van der Waals surface area contributed by atoms with Gasteiger partial charge in [0.2, 0.25) is 0 Å². The molecule has 0 saturated carbocycles. The van der Waals surface area contributed by atoms with Crippen LogP contribution in [0.15, 0.2) is 146 Å². The summed E-state index contributed by atoms with van der Waals surface area (Å²) in [5, 5.41) is 0. The quantitative estimate of drug-likeness (QED) is 0.0209. The Hall–Kier alpha value is -4.71. The second kappa shape index (κ2) is 44.0. The highest BCUT2D eigenvalue weighted by molar-refractivity contribution is 5.71. The Morgan fingerprint density at radius 3 is 1.30 bits per heavy atom. The molecule has 0 saturated heterocycles. The topological polar surface area (TPSA) is 78.9 Å². The molecule has 0 radical (unpaired) electrons. The predicted octanol–water partition coefficient (Wildman–Crippen LogP) is 13.7. The normalized spacial score (nSPS) is 13.5. The Balaban J connectivity index is 4.74. The van der Waals surface area contributed by atoms with Gasteiger partial charge in [-0.05, 0) is 64.2 Å². The molecule has 314 valence electrons. The molecule has 0 rings (SSSR count). The van der Waals surface area contributed by atoms with Gasteiger partial charge in [0.25, 0.3) is 0 Å². The first-order valence-electron chi connectivity index (χ1n) is 21.5. The van der Waals surface area contributed by atoms with Crippen LogP contribution in [0.5, 0.6) is 0 Å². The van der Waals surface area contributed by atoms with Crippen molar-refractivity contribution < 1.29 is 28.6 Å². The Bertz CT molecular complexity index is 1360. The van der Waals surface area contributed by atoms with Crippen LogP contribution in [0, 0.1) is 0 Å². The molecule has 1 unspecified atom stereocenters. The van der Waals surface area contributed by atoms with Gasteiger partial charge >= 0.3 is 17.9 Å². The smallest absolute Gasteiger partial charge is 0.306 e. The van der Waals surface area contributed by atoms with Crippen LogP contribution in [-0.4, -0.2) is 37.2 Å². The number of carbonyl (C=O) groups excluding carboxylic acids is 3. The van der Waals surface area contributed by atoms with Gasteiger partial charge in [0.15, 0.2) is 6.10 Å². The number of allylic oxidation sites excluding steroid dienone is 24. The van der Waals surface area contributed by atoms with E-state index in [1.165, 1.54) is 38.5 Å². The van der Waals surface area contributed by atoms with E-state index in [0.29, 0.717) is 25.7 Å². The summed E-state index contributed by atoms with van der Waals surface area (Å²) in [4.78, 5) is 37.6. The minimum absolute atomic E-state index is 0.167. The van der Waals surface area contributed by atoms with Gasteiger partial charge in [0.05, 0.1) is 0 Å². The van der Waals surface area contributed by atoms with Gasteiger partial charge in [-0.25, -0.2) is 0 Å². The fraction of sp³-hybridized carbons (Fsp3) is 0.471. The Kier molecular flexibility index (Phi) is 40.4. The molecule has 6 nitrogen and oxygen atoms in total. The first kappa shape index (κ1) is 52.3. The molecule has 0 spiro atoms. The van der Waals surface area contributed by atoms with Crippen molar-refractivity contribution in [2.24, 2.45) is 0 Å². The summed E-state index contributed by atoms with van der Waals surface area (Å²) in [5.41, 5.74) is 0. The number of esters is 3. The third-order valence-electron chi connectivity index (χ3n) is 8.08. The lowest BCUT2D eigenvalue weighted by Crippen LogP contribution is -2.30. The molecule has 0 aromatic carbocycles. The van der Waals surface area contributed by atoms with Crippen molar-refractivity contribution in [2.75, 3.05) is 13.2 Å². The molecule has 0 bridgehead atoms. The van der Waals surface area contributed by atoms with Gasteiger partial charge in [0.1, 0.15) is 13.2 Å². The summed E-state index contributed by atoms with van der Waals surface area (Å²) in [5.74, 6) is -1.20. The maximum absolute atomic E-state index is 12.7. The van der Waals surface area contributed by atoms with Crippen molar-refractivity contribution in [1.82, 2.24) is 0 Å². The number of unbranched alkanes of at least 4 members (excludes halogenated alkanes) is 8. The van der Waals surface area contributed by atoms with Crippen LogP contribution in [0.4, 0.5) is 0 Å². The van der Waals surface area contributed by atoms with Crippen molar-refractivity contribution in [3.05, 3.63) is 146 Å². The van der Waals surface area contributed by atoms with E-state index in [0.717, 1.165) is 32.1 Å². The van der Waals surface area contributed by atoms with Crippen LogP contribution < -0.4 is 0 Å². The minimum atomic E-state index is -0.870. The monoisotopic (exact) mass is 783 g/mol. The van der Waals surface area contributed by atoms with Gasteiger partial charge in [0, 0.05) is 19.3 Å². The third kappa shape index (κ3) is 42.3. The Morgan fingerprint density at radius 2 is 0.789 bits per heavy atom. The van der Waals surface area contributed by atoms with Crippen LogP contribution in [0.3, 0.4) is 0 Å². The number of ether oxygens (including phenoxy) is 3. The van der Waals surface area contributed by atoms with Gasteiger partial charge < -0.3 is 14.2 Å². The van der Waals surface area contributed by atoms with Gasteiger partial charge in [-0.2, -0.15) is 0 Å². The average molecular weight is 783 g/mol. The highest BCUT2D eigenvalue weighted by Gasteiger charge is 2.19. The molecular weight excluding hydrogens is 709 g/mol. The molecule has 0 amide bonds. The van der Waals surface area contributed by atoms with E-state index in [1.807, 2.05) is 115 Å². The molecule has 0 aliphatic heterocycles. The first-order valence-corrected chi connectivity index (χ1v) is 21.5. The molecule has 0 aliphatic carbocycles. The standard InChI is InChI=1S/C51H74O6/c1-4-7-10-13-16-19-22-25-28-31-34-37-40-43-49(52)55-46-48(57-51(54)45-42-39-36-33-30-27-24-21-18-15-12-9-6-3)47-56-50(53)44-41-38-35-32-29-26-23-20-17-14-11-8-5-2/h7,9-10,12-13,15-16,18-19,21-22,24-31,33-36,38,48H,4-6,8,11,14,17,20,23,32,37,39-47H2,1-3H3/b10-7+,12-9+,16-13+,18-15+,22-19+,24-21+,28-25+,29-26+,30-27+,34-31+,36-33+,38-35+.